The smallest absolute Gasteiger partial charge is 0.257 e. The van der Waals surface area contributed by atoms with E-state index < -0.39 is 5.60 Å². The van der Waals surface area contributed by atoms with Crippen molar-refractivity contribution in [2.45, 2.75) is 44.9 Å². The van der Waals surface area contributed by atoms with Gasteiger partial charge in [-0.05, 0) is 62.4 Å². The van der Waals surface area contributed by atoms with E-state index in [0.717, 1.165) is 18.4 Å². The first kappa shape index (κ1) is 18.5. The van der Waals surface area contributed by atoms with Crippen LogP contribution in [0, 0.1) is 17.2 Å². The molecule has 0 saturated heterocycles. The van der Waals surface area contributed by atoms with Crippen molar-refractivity contribution in [2.75, 3.05) is 7.11 Å². The lowest BCUT2D eigenvalue weighted by molar-refractivity contribution is -0.0224. The Morgan fingerprint density at radius 2 is 2.11 bits per heavy atom. The van der Waals surface area contributed by atoms with Crippen molar-refractivity contribution < 1.29 is 14.6 Å². The highest BCUT2D eigenvalue weighted by Gasteiger charge is 2.48. The molecule has 28 heavy (non-hydrogen) atoms. The zero-order chi connectivity index (χ0) is 20.1. The van der Waals surface area contributed by atoms with E-state index in [1.165, 1.54) is 0 Å². The molecule has 2 heterocycles. The Kier molecular flexibility index (Phi) is 4.35. The van der Waals surface area contributed by atoms with E-state index in [9.17, 15) is 15.2 Å². The highest BCUT2D eigenvalue weighted by molar-refractivity contribution is 6.04. The molecule has 2 aliphatic rings. The van der Waals surface area contributed by atoms with Crippen LogP contribution in [0.2, 0.25) is 0 Å². The number of carbonyl (C=O) groups is 1. The fourth-order valence-electron chi connectivity index (χ4n) is 4.26. The number of nitriles is 1. The Balaban J connectivity index is 1.79. The van der Waals surface area contributed by atoms with Gasteiger partial charge in [0.15, 0.2) is 0 Å². The van der Waals surface area contributed by atoms with E-state index in [0.29, 0.717) is 40.6 Å². The van der Waals surface area contributed by atoms with E-state index in [1.807, 2.05) is 6.07 Å². The maximum absolute atomic E-state index is 13.4. The van der Waals surface area contributed by atoms with Gasteiger partial charge in [-0.1, -0.05) is 0 Å². The van der Waals surface area contributed by atoms with Gasteiger partial charge in [-0.2, -0.15) is 5.26 Å². The van der Waals surface area contributed by atoms with Crippen molar-refractivity contribution in [1.82, 2.24) is 9.88 Å². The Hall–Kier alpha value is -2.91. The number of ether oxygens (including phenoxy) is 1. The fraction of sp³-hybridized carbons (Fsp3) is 0.409. The van der Waals surface area contributed by atoms with Crippen LogP contribution in [0.5, 0.6) is 5.75 Å². The molecule has 1 aromatic heterocycles. The third kappa shape index (κ3) is 3.12. The predicted molar refractivity (Wildman–Crippen MR) is 104 cm³/mol. The van der Waals surface area contributed by atoms with Crippen molar-refractivity contribution in [3.05, 3.63) is 47.2 Å². The number of hydrogen-bond acceptors (Lipinski definition) is 5. The van der Waals surface area contributed by atoms with E-state index in [2.05, 4.69) is 11.1 Å². The van der Waals surface area contributed by atoms with Crippen LogP contribution in [-0.4, -0.2) is 39.7 Å². The number of fused-ring (bicyclic) bond motifs is 1. The number of amides is 1. The SMILES string of the molecule is COc1cc(C#N)cc(-c2nccc3c2C(=O)N([C@@H](C2CC2)C(C)(C)O)C3)c1. The lowest BCUT2D eigenvalue weighted by Gasteiger charge is -2.37. The number of hydrogen-bond donors (Lipinski definition) is 1. The molecule has 1 atom stereocenters. The van der Waals surface area contributed by atoms with Crippen molar-refractivity contribution in [3.63, 3.8) is 0 Å². The van der Waals surface area contributed by atoms with Crippen LogP contribution >= 0.6 is 0 Å². The maximum atomic E-state index is 13.4. The molecule has 1 amide bonds. The van der Waals surface area contributed by atoms with Gasteiger partial charge in [0.05, 0.1) is 41.6 Å². The van der Waals surface area contributed by atoms with Crippen LogP contribution < -0.4 is 4.74 Å². The predicted octanol–water partition coefficient (Wildman–Crippen LogP) is 3.13. The summed E-state index contributed by atoms with van der Waals surface area (Å²) in [6.07, 6.45) is 3.75. The van der Waals surface area contributed by atoms with Crippen LogP contribution in [0.4, 0.5) is 0 Å². The summed E-state index contributed by atoms with van der Waals surface area (Å²) in [5.74, 6) is 0.762. The summed E-state index contributed by atoms with van der Waals surface area (Å²) in [6, 6.07) is 8.91. The monoisotopic (exact) mass is 377 g/mol. The van der Waals surface area contributed by atoms with E-state index in [4.69, 9.17) is 4.74 Å². The molecule has 0 radical (unpaired) electrons. The molecule has 0 unspecified atom stereocenters. The number of rotatable bonds is 5. The van der Waals surface area contributed by atoms with Gasteiger partial charge in [-0.25, -0.2) is 0 Å². The topological polar surface area (TPSA) is 86.5 Å². The second-order valence-electron chi connectivity index (χ2n) is 8.12. The van der Waals surface area contributed by atoms with Gasteiger partial charge in [-0.3, -0.25) is 9.78 Å². The average molecular weight is 377 g/mol. The van der Waals surface area contributed by atoms with Gasteiger partial charge in [0, 0.05) is 18.3 Å². The quantitative estimate of drug-likeness (QED) is 0.865. The standard InChI is InChI=1S/C22H23N3O3/c1-22(2,27)20(14-4-5-14)25-12-15-6-7-24-19(18(15)21(25)26)16-8-13(11-23)9-17(10-16)28-3/h6-10,14,20,27H,4-5,12H2,1-3H3/t20-/m0/s1. The minimum absolute atomic E-state index is 0.113. The van der Waals surface area contributed by atoms with Crippen molar-refractivity contribution >= 4 is 5.91 Å². The second-order valence-corrected chi connectivity index (χ2v) is 8.12. The summed E-state index contributed by atoms with van der Waals surface area (Å²) in [5, 5.41) is 20.0. The van der Waals surface area contributed by atoms with Gasteiger partial charge in [0.2, 0.25) is 0 Å². The number of aliphatic hydroxyl groups is 1. The highest BCUT2D eigenvalue weighted by atomic mass is 16.5. The molecule has 4 rings (SSSR count). The summed E-state index contributed by atoms with van der Waals surface area (Å²) in [5.41, 5.74) is 2.14. The van der Waals surface area contributed by atoms with E-state index >= 15 is 0 Å². The average Bonchev–Trinajstić information content (AvgIpc) is 3.44. The Bertz CT molecular complexity index is 983. The Morgan fingerprint density at radius 3 is 2.71 bits per heavy atom. The third-order valence-electron chi connectivity index (χ3n) is 5.53. The van der Waals surface area contributed by atoms with Gasteiger partial charge in [0.25, 0.3) is 5.91 Å². The molecule has 1 saturated carbocycles. The summed E-state index contributed by atoms with van der Waals surface area (Å²) < 4.78 is 5.30. The van der Waals surface area contributed by atoms with E-state index in [-0.39, 0.29) is 11.9 Å². The lowest BCUT2D eigenvalue weighted by atomic mass is 9.93. The number of pyridine rings is 1. The van der Waals surface area contributed by atoms with Crippen LogP contribution in [0.25, 0.3) is 11.3 Å². The summed E-state index contributed by atoms with van der Waals surface area (Å²) >= 11 is 0. The fourth-order valence-corrected chi connectivity index (χ4v) is 4.26. The van der Waals surface area contributed by atoms with Crippen LogP contribution in [-0.2, 0) is 6.54 Å². The first-order valence-corrected chi connectivity index (χ1v) is 9.44. The molecule has 144 valence electrons. The van der Waals surface area contributed by atoms with Gasteiger partial charge < -0.3 is 14.7 Å². The van der Waals surface area contributed by atoms with Crippen LogP contribution in [0.15, 0.2) is 30.5 Å². The van der Waals surface area contributed by atoms with E-state index in [1.54, 1.807) is 50.3 Å². The number of nitrogens with zero attached hydrogens (tertiary/aromatic N) is 3. The van der Waals surface area contributed by atoms with Crippen molar-refractivity contribution in [3.8, 4) is 23.1 Å². The first-order chi connectivity index (χ1) is 13.3. The molecule has 6 heteroatoms. The van der Waals surface area contributed by atoms with Gasteiger partial charge >= 0.3 is 0 Å². The molecular formula is C22H23N3O3. The molecule has 1 aliphatic carbocycles. The van der Waals surface area contributed by atoms with Crippen LogP contribution in [0.1, 0.15) is 48.2 Å². The number of aromatic nitrogens is 1. The molecule has 0 bridgehead atoms. The van der Waals surface area contributed by atoms with Crippen molar-refractivity contribution in [1.29, 1.82) is 5.26 Å². The molecule has 1 aliphatic heterocycles. The molecule has 6 nitrogen and oxygen atoms in total. The lowest BCUT2D eigenvalue weighted by Crippen LogP contribution is -2.51. The molecule has 0 spiro atoms. The molecule has 1 aromatic carbocycles. The Labute approximate surface area is 164 Å². The minimum atomic E-state index is -0.976. The third-order valence-corrected chi connectivity index (χ3v) is 5.53. The van der Waals surface area contributed by atoms with Crippen molar-refractivity contribution in [2.24, 2.45) is 5.92 Å². The number of benzene rings is 1. The summed E-state index contributed by atoms with van der Waals surface area (Å²) in [7, 11) is 1.54. The number of methoxy groups -OCH3 is 1. The van der Waals surface area contributed by atoms with Gasteiger partial charge in [-0.15, -0.1) is 0 Å². The molecule has 1 fully saturated rings. The normalized spacial score (nSPS) is 17.2. The highest BCUT2D eigenvalue weighted by Crippen LogP contribution is 2.44. The second kappa shape index (κ2) is 6.61. The number of carbonyl (C=O) groups excluding carboxylic acids is 1. The molecule has 2 aromatic rings. The Morgan fingerprint density at radius 1 is 1.36 bits per heavy atom. The zero-order valence-electron chi connectivity index (χ0n) is 16.3. The van der Waals surface area contributed by atoms with Crippen LogP contribution in [0.3, 0.4) is 0 Å². The molecular weight excluding hydrogens is 354 g/mol. The summed E-state index contributed by atoms with van der Waals surface area (Å²) in [6.45, 7) is 4.00. The minimum Gasteiger partial charge on any atom is -0.497 e. The summed E-state index contributed by atoms with van der Waals surface area (Å²) in [4.78, 5) is 19.7. The zero-order valence-corrected chi connectivity index (χ0v) is 16.3. The first-order valence-electron chi connectivity index (χ1n) is 9.44. The molecule has 1 N–H and O–H groups in total. The largest absolute Gasteiger partial charge is 0.497 e. The maximum Gasteiger partial charge on any atom is 0.257 e. The van der Waals surface area contributed by atoms with Gasteiger partial charge in [0.1, 0.15) is 5.75 Å².